The summed E-state index contributed by atoms with van der Waals surface area (Å²) in [5.41, 5.74) is 0.444. The Morgan fingerprint density at radius 3 is 2.82 bits per heavy atom. The van der Waals surface area contributed by atoms with Gasteiger partial charge in [-0.25, -0.2) is 4.39 Å². The minimum atomic E-state index is -0.993. The molecule has 17 heavy (non-hydrogen) atoms. The molecule has 6 heteroatoms. The standard InChI is InChI=1S/C11H9FINO3/c12-7-1-2-8(13)9(4-7)14-5-6(11(16)17)3-10(14)15/h1-2,4,6H,3,5H2,(H,16,17). The van der Waals surface area contributed by atoms with Gasteiger partial charge in [-0.15, -0.1) is 0 Å². The number of benzene rings is 1. The summed E-state index contributed by atoms with van der Waals surface area (Å²) in [7, 11) is 0. The van der Waals surface area contributed by atoms with Crippen LogP contribution in [-0.2, 0) is 9.59 Å². The Kier molecular flexibility index (Phi) is 3.32. The molecule has 0 aromatic heterocycles. The predicted molar refractivity (Wildman–Crippen MR) is 67.2 cm³/mol. The number of anilines is 1. The lowest BCUT2D eigenvalue weighted by atomic mass is 10.1. The molecule has 1 unspecified atom stereocenters. The molecule has 1 aliphatic heterocycles. The van der Waals surface area contributed by atoms with E-state index in [2.05, 4.69) is 0 Å². The van der Waals surface area contributed by atoms with Crippen LogP contribution >= 0.6 is 22.6 Å². The maximum Gasteiger partial charge on any atom is 0.308 e. The van der Waals surface area contributed by atoms with Crippen molar-refractivity contribution in [2.24, 2.45) is 5.92 Å². The summed E-state index contributed by atoms with van der Waals surface area (Å²) in [6.07, 6.45) is -0.0259. The molecule has 1 heterocycles. The van der Waals surface area contributed by atoms with Crippen LogP contribution in [0.2, 0.25) is 0 Å². The minimum Gasteiger partial charge on any atom is -0.481 e. The first-order valence-electron chi connectivity index (χ1n) is 4.97. The van der Waals surface area contributed by atoms with E-state index in [4.69, 9.17) is 5.11 Å². The van der Waals surface area contributed by atoms with E-state index in [9.17, 15) is 14.0 Å². The number of aliphatic carboxylic acids is 1. The average molecular weight is 349 g/mol. The molecule has 1 aromatic rings. The van der Waals surface area contributed by atoms with Gasteiger partial charge in [-0.1, -0.05) is 0 Å². The molecule has 0 bridgehead atoms. The molecule has 1 fully saturated rings. The highest BCUT2D eigenvalue weighted by Gasteiger charge is 2.35. The summed E-state index contributed by atoms with van der Waals surface area (Å²) in [4.78, 5) is 23.8. The van der Waals surface area contributed by atoms with Crippen molar-refractivity contribution < 1.29 is 19.1 Å². The van der Waals surface area contributed by atoms with Gasteiger partial charge >= 0.3 is 5.97 Å². The van der Waals surface area contributed by atoms with Gasteiger partial charge in [0.2, 0.25) is 5.91 Å². The van der Waals surface area contributed by atoms with Crippen LogP contribution in [-0.4, -0.2) is 23.5 Å². The van der Waals surface area contributed by atoms with Crippen molar-refractivity contribution in [3.8, 4) is 0 Å². The molecular weight excluding hydrogens is 340 g/mol. The molecule has 2 rings (SSSR count). The third kappa shape index (κ3) is 2.41. The van der Waals surface area contributed by atoms with Gasteiger partial charge in [0, 0.05) is 16.5 Å². The molecule has 90 valence electrons. The normalized spacial score (nSPS) is 19.8. The van der Waals surface area contributed by atoms with Crippen molar-refractivity contribution in [1.29, 1.82) is 0 Å². The van der Waals surface area contributed by atoms with Crippen molar-refractivity contribution in [2.75, 3.05) is 11.4 Å². The van der Waals surface area contributed by atoms with E-state index >= 15 is 0 Å². The van der Waals surface area contributed by atoms with Crippen LogP contribution < -0.4 is 4.90 Å². The van der Waals surface area contributed by atoms with Crippen molar-refractivity contribution >= 4 is 40.2 Å². The number of hydrogen-bond donors (Lipinski definition) is 1. The minimum absolute atomic E-state index is 0.0259. The van der Waals surface area contributed by atoms with Crippen LogP contribution in [0.4, 0.5) is 10.1 Å². The number of nitrogens with zero attached hydrogens (tertiary/aromatic N) is 1. The van der Waals surface area contributed by atoms with E-state index in [0.717, 1.165) is 3.57 Å². The van der Waals surface area contributed by atoms with Crippen LogP contribution in [0.15, 0.2) is 18.2 Å². The van der Waals surface area contributed by atoms with Gasteiger partial charge in [-0.3, -0.25) is 9.59 Å². The molecule has 1 saturated heterocycles. The lowest BCUT2D eigenvalue weighted by Gasteiger charge is -2.17. The SMILES string of the molecule is O=C(O)C1CC(=O)N(c2cc(F)ccc2I)C1. The Bertz CT molecular complexity index is 492. The zero-order chi connectivity index (χ0) is 12.6. The first-order chi connectivity index (χ1) is 7.99. The molecule has 1 aliphatic rings. The maximum atomic E-state index is 13.1. The zero-order valence-corrected chi connectivity index (χ0v) is 10.8. The summed E-state index contributed by atoms with van der Waals surface area (Å²) >= 11 is 1.99. The van der Waals surface area contributed by atoms with Crippen molar-refractivity contribution in [1.82, 2.24) is 0 Å². The van der Waals surface area contributed by atoms with Gasteiger partial charge in [0.15, 0.2) is 0 Å². The van der Waals surface area contributed by atoms with Gasteiger partial charge in [-0.2, -0.15) is 0 Å². The quantitative estimate of drug-likeness (QED) is 0.830. The van der Waals surface area contributed by atoms with E-state index in [1.165, 1.54) is 17.0 Å². The number of carboxylic acids is 1. The molecule has 1 N–H and O–H groups in total. The fourth-order valence-electron chi connectivity index (χ4n) is 1.80. The second-order valence-corrected chi connectivity index (χ2v) is 5.00. The lowest BCUT2D eigenvalue weighted by Crippen LogP contribution is -2.26. The van der Waals surface area contributed by atoms with Gasteiger partial charge in [0.05, 0.1) is 11.6 Å². The molecule has 4 nitrogen and oxygen atoms in total. The summed E-state index contributed by atoms with van der Waals surface area (Å²) in [5, 5.41) is 8.86. The Morgan fingerprint density at radius 1 is 1.53 bits per heavy atom. The Morgan fingerprint density at radius 2 is 2.24 bits per heavy atom. The highest BCUT2D eigenvalue weighted by atomic mass is 127. The van der Waals surface area contributed by atoms with E-state index < -0.39 is 17.7 Å². The van der Waals surface area contributed by atoms with E-state index in [-0.39, 0.29) is 18.9 Å². The van der Waals surface area contributed by atoms with Gasteiger partial charge in [-0.05, 0) is 40.8 Å². The third-order valence-corrected chi connectivity index (χ3v) is 3.59. The fraction of sp³-hybridized carbons (Fsp3) is 0.273. The number of carboxylic acid groups (broad SMARTS) is 1. The molecule has 0 aliphatic carbocycles. The fourth-order valence-corrected chi connectivity index (χ4v) is 2.43. The number of rotatable bonds is 2. The highest BCUT2D eigenvalue weighted by molar-refractivity contribution is 14.1. The van der Waals surface area contributed by atoms with Crippen molar-refractivity contribution in [3.05, 3.63) is 27.6 Å². The predicted octanol–water partition coefficient (Wildman–Crippen LogP) is 1.87. The molecule has 1 aromatic carbocycles. The number of amides is 1. The van der Waals surface area contributed by atoms with Gasteiger partial charge in [0.25, 0.3) is 0 Å². The first kappa shape index (κ1) is 12.3. The van der Waals surface area contributed by atoms with Crippen LogP contribution in [0.25, 0.3) is 0 Å². The number of hydrogen-bond acceptors (Lipinski definition) is 2. The number of halogens is 2. The monoisotopic (exact) mass is 349 g/mol. The summed E-state index contributed by atoms with van der Waals surface area (Å²) < 4.78 is 13.9. The lowest BCUT2D eigenvalue weighted by molar-refractivity contribution is -0.141. The van der Waals surface area contributed by atoms with Gasteiger partial charge in [0.1, 0.15) is 5.82 Å². The van der Waals surface area contributed by atoms with Crippen LogP contribution in [0.3, 0.4) is 0 Å². The number of carbonyl (C=O) groups excluding carboxylic acids is 1. The molecule has 0 radical (unpaired) electrons. The second kappa shape index (κ2) is 4.59. The van der Waals surface area contributed by atoms with Crippen molar-refractivity contribution in [2.45, 2.75) is 6.42 Å². The van der Waals surface area contributed by atoms with Crippen molar-refractivity contribution in [3.63, 3.8) is 0 Å². The highest BCUT2D eigenvalue weighted by Crippen LogP contribution is 2.29. The van der Waals surface area contributed by atoms with Gasteiger partial charge < -0.3 is 10.0 Å². The van der Waals surface area contributed by atoms with Crippen LogP contribution in [0, 0.1) is 15.3 Å². The second-order valence-electron chi connectivity index (χ2n) is 3.84. The third-order valence-electron chi connectivity index (χ3n) is 2.67. The maximum absolute atomic E-state index is 13.1. The summed E-state index contributed by atoms with van der Waals surface area (Å²) in [6, 6.07) is 4.12. The first-order valence-corrected chi connectivity index (χ1v) is 6.05. The molecule has 1 atom stereocenters. The number of carbonyl (C=O) groups is 2. The topological polar surface area (TPSA) is 57.6 Å². The zero-order valence-electron chi connectivity index (χ0n) is 8.69. The Hall–Kier alpha value is -1.18. The van der Waals surface area contributed by atoms with Crippen LogP contribution in [0.5, 0.6) is 0 Å². The van der Waals surface area contributed by atoms with Crippen LogP contribution in [0.1, 0.15) is 6.42 Å². The largest absolute Gasteiger partial charge is 0.481 e. The summed E-state index contributed by atoms with van der Waals surface area (Å²) in [5.74, 6) is -2.42. The van der Waals surface area contributed by atoms with E-state index in [0.29, 0.717) is 5.69 Å². The van der Waals surface area contributed by atoms with E-state index in [1.807, 2.05) is 22.6 Å². The Balaban J connectivity index is 2.32. The molecule has 0 saturated carbocycles. The average Bonchev–Trinajstić information content (AvgIpc) is 2.64. The summed E-state index contributed by atoms with van der Waals surface area (Å²) in [6.45, 7) is 0.105. The molecular formula is C11H9FINO3. The molecule has 0 spiro atoms. The molecule has 1 amide bonds. The van der Waals surface area contributed by atoms with E-state index in [1.54, 1.807) is 6.07 Å². The Labute approximate surface area is 111 Å². The smallest absolute Gasteiger partial charge is 0.308 e.